The van der Waals surface area contributed by atoms with E-state index in [-0.39, 0.29) is 5.78 Å². The third-order valence-electron chi connectivity index (χ3n) is 1.54. The minimum atomic E-state index is -0.0129. The van der Waals surface area contributed by atoms with Crippen molar-refractivity contribution >= 4 is 5.78 Å². The maximum Gasteiger partial charge on any atom is 0.223 e. The monoisotopic (exact) mass is 152 g/mol. The second-order valence-corrected chi connectivity index (χ2v) is 2.50. The van der Waals surface area contributed by atoms with Gasteiger partial charge in [-0.25, -0.2) is 0 Å². The van der Waals surface area contributed by atoms with Crippen molar-refractivity contribution in [2.24, 2.45) is 0 Å². The van der Waals surface area contributed by atoms with Crippen molar-refractivity contribution in [2.45, 2.75) is 26.2 Å². The van der Waals surface area contributed by atoms with Crippen LogP contribution in [0.1, 0.15) is 26.2 Å². The first kappa shape index (κ1) is 8.05. The lowest BCUT2D eigenvalue weighted by Gasteiger charge is -1.94. The lowest BCUT2D eigenvalue weighted by atomic mass is 10.2. The quantitative estimate of drug-likeness (QED) is 0.457. The van der Waals surface area contributed by atoms with Crippen LogP contribution in [-0.4, -0.2) is 5.78 Å². The van der Waals surface area contributed by atoms with Crippen LogP contribution in [0.5, 0.6) is 0 Å². The van der Waals surface area contributed by atoms with Gasteiger partial charge >= 0.3 is 0 Å². The third kappa shape index (κ3) is 2.22. The number of hydrogen-bond acceptors (Lipinski definition) is 2. The van der Waals surface area contributed by atoms with Gasteiger partial charge in [0.15, 0.2) is 5.76 Å². The van der Waals surface area contributed by atoms with Gasteiger partial charge in [-0.1, -0.05) is 13.3 Å². The summed E-state index contributed by atoms with van der Waals surface area (Å²) >= 11 is 0. The van der Waals surface area contributed by atoms with Gasteiger partial charge < -0.3 is 4.74 Å². The fourth-order valence-electron chi connectivity index (χ4n) is 0.895. The Morgan fingerprint density at radius 3 is 3.00 bits per heavy atom. The Balaban J connectivity index is 2.36. The number of ether oxygens (including phenoxy) is 1. The topological polar surface area (TPSA) is 26.3 Å². The smallest absolute Gasteiger partial charge is 0.223 e. The SMILES string of the molecule is CCCC/C=C1\OC=CC1=O. The van der Waals surface area contributed by atoms with Gasteiger partial charge in [-0.2, -0.15) is 0 Å². The molecule has 0 saturated heterocycles. The van der Waals surface area contributed by atoms with E-state index in [4.69, 9.17) is 4.74 Å². The summed E-state index contributed by atoms with van der Waals surface area (Å²) in [5.41, 5.74) is 0. The molecule has 0 aromatic heterocycles. The zero-order chi connectivity index (χ0) is 8.10. The predicted octanol–water partition coefficient (Wildman–Crippen LogP) is 2.17. The average molecular weight is 152 g/mol. The molecule has 0 saturated carbocycles. The summed E-state index contributed by atoms with van der Waals surface area (Å²) in [5, 5.41) is 0. The molecule has 1 aliphatic heterocycles. The van der Waals surface area contributed by atoms with E-state index in [0.29, 0.717) is 5.76 Å². The highest BCUT2D eigenvalue weighted by Gasteiger charge is 2.11. The molecule has 1 aliphatic rings. The highest BCUT2D eigenvalue weighted by Crippen LogP contribution is 2.10. The summed E-state index contributed by atoms with van der Waals surface area (Å²) in [6.45, 7) is 2.12. The molecule has 0 bridgehead atoms. The van der Waals surface area contributed by atoms with Crippen LogP contribution in [0.15, 0.2) is 24.2 Å². The molecule has 11 heavy (non-hydrogen) atoms. The van der Waals surface area contributed by atoms with E-state index in [1.165, 1.54) is 12.3 Å². The van der Waals surface area contributed by atoms with Gasteiger partial charge in [0.25, 0.3) is 0 Å². The number of ketones is 1. The molecule has 2 nitrogen and oxygen atoms in total. The van der Waals surface area contributed by atoms with Crippen LogP contribution in [0, 0.1) is 0 Å². The molecule has 0 radical (unpaired) electrons. The second kappa shape index (κ2) is 3.96. The first-order valence-corrected chi connectivity index (χ1v) is 3.92. The predicted molar refractivity (Wildman–Crippen MR) is 42.8 cm³/mol. The molecule has 0 spiro atoms. The van der Waals surface area contributed by atoms with Gasteiger partial charge in [-0.05, 0) is 18.9 Å². The highest BCUT2D eigenvalue weighted by atomic mass is 16.5. The first-order chi connectivity index (χ1) is 5.34. The molecule has 0 unspecified atom stereocenters. The summed E-state index contributed by atoms with van der Waals surface area (Å²) in [7, 11) is 0. The third-order valence-corrected chi connectivity index (χ3v) is 1.54. The molecule has 0 atom stereocenters. The lowest BCUT2D eigenvalue weighted by molar-refractivity contribution is -0.112. The van der Waals surface area contributed by atoms with Crippen LogP contribution >= 0.6 is 0 Å². The van der Waals surface area contributed by atoms with E-state index >= 15 is 0 Å². The number of carbonyl (C=O) groups is 1. The molecular weight excluding hydrogens is 140 g/mol. The fraction of sp³-hybridized carbons (Fsp3) is 0.444. The van der Waals surface area contributed by atoms with Crippen molar-refractivity contribution in [2.75, 3.05) is 0 Å². The van der Waals surface area contributed by atoms with E-state index < -0.39 is 0 Å². The maximum absolute atomic E-state index is 10.9. The van der Waals surface area contributed by atoms with Crippen molar-refractivity contribution in [3.8, 4) is 0 Å². The number of rotatable bonds is 3. The van der Waals surface area contributed by atoms with Gasteiger partial charge in [0.05, 0.1) is 6.26 Å². The molecular formula is C9H12O2. The number of allylic oxidation sites excluding steroid dienone is 2. The zero-order valence-electron chi connectivity index (χ0n) is 6.67. The van der Waals surface area contributed by atoms with Crippen LogP contribution in [0.4, 0.5) is 0 Å². The minimum absolute atomic E-state index is 0.0129. The largest absolute Gasteiger partial charge is 0.461 e. The normalized spacial score (nSPS) is 19.4. The molecule has 2 heteroatoms. The lowest BCUT2D eigenvalue weighted by Crippen LogP contribution is -1.92. The van der Waals surface area contributed by atoms with E-state index in [1.54, 1.807) is 0 Å². The Labute approximate surface area is 66.5 Å². The van der Waals surface area contributed by atoms with Gasteiger partial charge in [0.1, 0.15) is 0 Å². The number of unbranched alkanes of at least 4 members (excludes halogenated alkanes) is 2. The summed E-state index contributed by atoms with van der Waals surface area (Å²) in [4.78, 5) is 10.9. The van der Waals surface area contributed by atoms with Crippen molar-refractivity contribution in [1.82, 2.24) is 0 Å². The Morgan fingerprint density at radius 1 is 1.64 bits per heavy atom. The summed E-state index contributed by atoms with van der Waals surface area (Å²) in [6.07, 6.45) is 7.91. The molecule has 1 rings (SSSR count). The van der Waals surface area contributed by atoms with Gasteiger partial charge in [-0.15, -0.1) is 0 Å². The van der Waals surface area contributed by atoms with E-state index in [9.17, 15) is 4.79 Å². The van der Waals surface area contributed by atoms with Crippen LogP contribution in [0.2, 0.25) is 0 Å². The molecule has 0 aromatic carbocycles. The zero-order valence-corrected chi connectivity index (χ0v) is 6.67. The van der Waals surface area contributed by atoms with Crippen LogP contribution in [0.3, 0.4) is 0 Å². The van der Waals surface area contributed by atoms with Crippen molar-refractivity contribution in [3.63, 3.8) is 0 Å². The standard InChI is InChI=1S/C9H12O2/c1-2-3-4-5-9-8(10)6-7-11-9/h5-7H,2-4H2,1H3/b9-5-. The highest BCUT2D eigenvalue weighted by molar-refractivity contribution is 6.03. The fourth-order valence-corrected chi connectivity index (χ4v) is 0.895. The van der Waals surface area contributed by atoms with Crippen molar-refractivity contribution in [3.05, 3.63) is 24.2 Å². The van der Waals surface area contributed by atoms with Crippen molar-refractivity contribution in [1.29, 1.82) is 0 Å². The summed E-state index contributed by atoms with van der Waals surface area (Å²) in [6, 6.07) is 0. The molecule has 0 aliphatic carbocycles. The maximum atomic E-state index is 10.9. The Bertz CT molecular complexity index is 202. The molecule has 0 aromatic rings. The summed E-state index contributed by atoms with van der Waals surface area (Å²) < 4.78 is 4.94. The Hall–Kier alpha value is -1.05. The molecule has 0 N–H and O–H groups in total. The molecule has 0 amide bonds. The van der Waals surface area contributed by atoms with Crippen LogP contribution < -0.4 is 0 Å². The van der Waals surface area contributed by atoms with E-state index in [2.05, 4.69) is 6.92 Å². The van der Waals surface area contributed by atoms with E-state index in [1.807, 2.05) is 6.08 Å². The number of hydrogen-bond donors (Lipinski definition) is 0. The van der Waals surface area contributed by atoms with Crippen LogP contribution in [-0.2, 0) is 9.53 Å². The summed E-state index contributed by atoms with van der Waals surface area (Å²) in [5.74, 6) is 0.472. The average Bonchev–Trinajstić information content (AvgIpc) is 2.37. The van der Waals surface area contributed by atoms with Crippen LogP contribution in [0.25, 0.3) is 0 Å². The van der Waals surface area contributed by atoms with E-state index in [0.717, 1.165) is 19.3 Å². The second-order valence-electron chi connectivity index (χ2n) is 2.50. The van der Waals surface area contributed by atoms with Gasteiger partial charge in [-0.3, -0.25) is 4.79 Å². The molecule has 60 valence electrons. The van der Waals surface area contributed by atoms with Gasteiger partial charge in [0, 0.05) is 6.08 Å². The number of carbonyl (C=O) groups excluding carboxylic acids is 1. The van der Waals surface area contributed by atoms with Crippen molar-refractivity contribution < 1.29 is 9.53 Å². The Morgan fingerprint density at radius 2 is 2.45 bits per heavy atom. The first-order valence-electron chi connectivity index (χ1n) is 3.92. The molecule has 1 heterocycles. The Kier molecular flexibility index (Phi) is 2.90. The molecule has 0 fully saturated rings. The van der Waals surface area contributed by atoms with Gasteiger partial charge in [0.2, 0.25) is 5.78 Å². The minimum Gasteiger partial charge on any atom is -0.461 e.